The van der Waals surface area contributed by atoms with Gasteiger partial charge in [0.1, 0.15) is 0 Å². The van der Waals surface area contributed by atoms with Gasteiger partial charge in [-0.2, -0.15) is 0 Å². The van der Waals surface area contributed by atoms with Gasteiger partial charge in [0, 0.05) is 5.57 Å². The van der Waals surface area contributed by atoms with Gasteiger partial charge in [0.2, 0.25) is 0 Å². The molecule has 0 heterocycles. The van der Waals surface area contributed by atoms with E-state index in [9.17, 15) is 4.79 Å². The summed E-state index contributed by atoms with van der Waals surface area (Å²) >= 11 is 0. The number of ether oxygens (including phenoxy) is 1. The summed E-state index contributed by atoms with van der Waals surface area (Å²) in [6, 6.07) is 0. The molecule has 13 heavy (non-hydrogen) atoms. The molecule has 0 aliphatic heterocycles. The first-order valence-corrected chi connectivity index (χ1v) is 5.11. The molecule has 0 aromatic heterocycles. The molecule has 0 N–H and O–H groups in total. The van der Waals surface area contributed by atoms with Crippen molar-refractivity contribution in [2.75, 3.05) is 6.61 Å². The largest absolute Gasteiger partial charge is 0.463 e. The lowest BCUT2D eigenvalue weighted by Gasteiger charge is -2.15. The fourth-order valence-electron chi connectivity index (χ4n) is 2.72. The van der Waals surface area contributed by atoms with Crippen LogP contribution in [0, 0.1) is 11.8 Å². The van der Waals surface area contributed by atoms with Crippen molar-refractivity contribution in [2.24, 2.45) is 11.8 Å². The van der Waals surface area contributed by atoms with Crippen LogP contribution in [0.4, 0.5) is 0 Å². The zero-order valence-corrected chi connectivity index (χ0v) is 8.30. The molecule has 1 saturated carbocycles. The molecule has 0 aromatic carbocycles. The molecule has 0 amide bonds. The van der Waals surface area contributed by atoms with Gasteiger partial charge in [-0.15, -0.1) is 0 Å². The average molecular weight is 180 g/mol. The third kappa shape index (κ3) is 1.28. The van der Waals surface area contributed by atoms with E-state index >= 15 is 0 Å². The lowest BCUT2D eigenvalue weighted by molar-refractivity contribution is -0.139. The SMILES string of the molecule is CCOC(=O)C1=C(C)C2CCC1C2. The number of carbonyl (C=O) groups excluding carboxylic acids is 1. The molecule has 1 fully saturated rings. The van der Waals surface area contributed by atoms with Crippen molar-refractivity contribution in [3.8, 4) is 0 Å². The summed E-state index contributed by atoms with van der Waals surface area (Å²) in [6.45, 7) is 4.45. The van der Waals surface area contributed by atoms with Crippen LogP contribution in [0.15, 0.2) is 11.1 Å². The molecule has 0 radical (unpaired) electrons. The van der Waals surface area contributed by atoms with Crippen LogP contribution in [0.5, 0.6) is 0 Å². The van der Waals surface area contributed by atoms with Crippen LogP contribution >= 0.6 is 0 Å². The van der Waals surface area contributed by atoms with E-state index in [2.05, 4.69) is 6.92 Å². The molecule has 72 valence electrons. The maximum atomic E-state index is 11.6. The molecule has 0 aromatic rings. The lowest BCUT2D eigenvalue weighted by Crippen LogP contribution is -2.14. The fourth-order valence-corrected chi connectivity index (χ4v) is 2.72. The Bertz CT molecular complexity index is 265. The monoisotopic (exact) mass is 180 g/mol. The Morgan fingerprint density at radius 1 is 1.46 bits per heavy atom. The molecular weight excluding hydrogens is 164 g/mol. The summed E-state index contributed by atoms with van der Waals surface area (Å²) in [5.41, 5.74) is 2.30. The Kier molecular flexibility index (Phi) is 2.14. The average Bonchev–Trinajstić information content (AvgIpc) is 2.63. The van der Waals surface area contributed by atoms with Crippen molar-refractivity contribution in [1.29, 1.82) is 0 Å². The lowest BCUT2D eigenvalue weighted by atomic mass is 9.93. The Morgan fingerprint density at radius 2 is 2.15 bits per heavy atom. The summed E-state index contributed by atoms with van der Waals surface area (Å²) in [7, 11) is 0. The summed E-state index contributed by atoms with van der Waals surface area (Å²) < 4.78 is 5.05. The van der Waals surface area contributed by atoms with Crippen molar-refractivity contribution in [3.63, 3.8) is 0 Å². The van der Waals surface area contributed by atoms with E-state index in [0.717, 1.165) is 5.57 Å². The Hall–Kier alpha value is -0.790. The van der Waals surface area contributed by atoms with Crippen LogP contribution in [-0.2, 0) is 9.53 Å². The summed E-state index contributed by atoms with van der Waals surface area (Å²) in [5, 5.41) is 0. The van der Waals surface area contributed by atoms with Crippen molar-refractivity contribution < 1.29 is 9.53 Å². The highest BCUT2D eigenvalue weighted by Crippen LogP contribution is 2.48. The molecule has 2 bridgehead atoms. The summed E-state index contributed by atoms with van der Waals surface area (Å²) in [4.78, 5) is 11.6. The van der Waals surface area contributed by atoms with Crippen molar-refractivity contribution in [2.45, 2.75) is 33.1 Å². The summed E-state index contributed by atoms with van der Waals surface area (Å²) in [6.07, 6.45) is 3.66. The van der Waals surface area contributed by atoms with Crippen LogP contribution in [0.3, 0.4) is 0 Å². The number of allylic oxidation sites excluding steroid dienone is 1. The van der Waals surface area contributed by atoms with E-state index in [0.29, 0.717) is 18.4 Å². The highest BCUT2D eigenvalue weighted by molar-refractivity contribution is 5.91. The number of esters is 1. The first kappa shape index (κ1) is 8.79. The van der Waals surface area contributed by atoms with E-state index in [1.54, 1.807) is 0 Å². The zero-order valence-electron chi connectivity index (χ0n) is 8.30. The summed E-state index contributed by atoms with van der Waals surface area (Å²) in [5.74, 6) is 1.14. The highest BCUT2D eigenvalue weighted by atomic mass is 16.5. The number of hydrogen-bond donors (Lipinski definition) is 0. The van der Waals surface area contributed by atoms with Gasteiger partial charge >= 0.3 is 5.97 Å². The molecule has 2 nitrogen and oxygen atoms in total. The third-order valence-electron chi connectivity index (χ3n) is 3.37. The topological polar surface area (TPSA) is 26.3 Å². The predicted molar refractivity (Wildman–Crippen MR) is 50.2 cm³/mol. The highest BCUT2D eigenvalue weighted by Gasteiger charge is 2.40. The van der Waals surface area contributed by atoms with Crippen LogP contribution < -0.4 is 0 Å². The van der Waals surface area contributed by atoms with Crippen molar-refractivity contribution in [1.82, 2.24) is 0 Å². The Morgan fingerprint density at radius 3 is 2.69 bits per heavy atom. The smallest absolute Gasteiger partial charge is 0.334 e. The van der Waals surface area contributed by atoms with E-state index in [1.165, 1.54) is 24.8 Å². The normalized spacial score (nSPS) is 31.2. The predicted octanol–water partition coefficient (Wildman–Crippen LogP) is 2.30. The first-order valence-electron chi connectivity index (χ1n) is 5.11. The number of carbonyl (C=O) groups is 1. The van der Waals surface area contributed by atoms with E-state index < -0.39 is 0 Å². The minimum atomic E-state index is -0.0628. The quantitative estimate of drug-likeness (QED) is 0.609. The maximum Gasteiger partial charge on any atom is 0.334 e. The van der Waals surface area contributed by atoms with Gasteiger partial charge in [-0.05, 0) is 44.9 Å². The first-order chi connectivity index (χ1) is 6.24. The van der Waals surface area contributed by atoms with Crippen LogP contribution in [-0.4, -0.2) is 12.6 Å². The maximum absolute atomic E-state index is 11.6. The van der Waals surface area contributed by atoms with Crippen LogP contribution in [0.1, 0.15) is 33.1 Å². The molecule has 2 rings (SSSR count). The van der Waals surface area contributed by atoms with Gasteiger partial charge in [-0.25, -0.2) is 4.79 Å². The van der Waals surface area contributed by atoms with Gasteiger partial charge in [-0.3, -0.25) is 0 Å². The number of rotatable bonds is 2. The Labute approximate surface area is 79.0 Å². The number of hydrogen-bond acceptors (Lipinski definition) is 2. The van der Waals surface area contributed by atoms with Crippen molar-refractivity contribution >= 4 is 5.97 Å². The van der Waals surface area contributed by atoms with E-state index in [1.807, 2.05) is 6.92 Å². The molecular formula is C11H16O2. The minimum absolute atomic E-state index is 0.0628. The van der Waals surface area contributed by atoms with Gasteiger partial charge in [0.05, 0.1) is 6.61 Å². The van der Waals surface area contributed by atoms with Crippen LogP contribution in [0.2, 0.25) is 0 Å². The molecule has 0 spiro atoms. The van der Waals surface area contributed by atoms with Gasteiger partial charge in [-0.1, -0.05) is 5.57 Å². The second-order valence-corrected chi connectivity index (χ2v) is 4.02. The van der Waals surface area contributed by atoms with Gasteiger partial charge < -0.3 is 4.74 Å². The second kappa shape index (κ2) is 3.17. The standard InChI is InChI=1S/C11H16O2/c1-3-13-11(12)10-7(2)8-4-5-9(10)6-8/h8-9H,3-6H2,1-2H3. The molecule has 2 unspecified atom stereocenters. The number of fused-ring (bicyclic) bond motifs is 2. The van der Waals surface area contributed by atoms with E-state index in [4.69, 9.17) is 4.74 Å². The molecule has 2 atom stereocenters. The van der Waals surface area contributed by atoms with Gasteiger partial charge in [0.15, 0.2) is 0 Å². The van der Waals surface area contributed by atoms with Crippen molar-refractivity contribution in [3.05, 3.63) is 11.1 Å². The zero-order chi connectivity index (χ0) is 9.42. The molecule has 0 saturated heterocycles. The molecule has 2 heteroatoms. The fraction of sp³-hybridized carbons (Fsp3) is 0.727. The second-order valence-electron chi connectivity index (χ2n) is 4.02. The Balaban J connectivity index is 2.18. The molecule has 2 aliphatic carbocycles. The van der Waals surface area contributed by atoms with Gasteiger partial charge in [0.25, 0.3) is 0 Å². The molecule has 2 aliphatic rings. The minimum Gasteiger partial charge on any atom is -0.463 e. The van der Waals surface area contributed by atoms with E-state index in [-0.39, 0.29) is 5.97 Å². The third-order valence-corrected chi connectivity index (χ3v) is 3.37. The van der Waals surface area contributed by atoms with Crippen LogP contribution in [0.25, 0.3) is 0 Å².